The fraction of sp³-hybridized carbons (Fsp3) is 1.00. The molecule has 2 nitrogen and oxygen atoms in total. The van der Waals surface area contributed by atoms with Crippen LogP contribution >= 0.6 is 0 Å². The van der Waals surface area contributed by atoms with Crippen molar-refractivity contribution < 1.29 is 4.74 Å². The molecule has 0 bridgehead atoms. The molecule has 1 heterocycles. The molecule has 2 unspecified atom stereocenters. The van der Waals surface area contributed by atoms with Crippen molar-refractivity contribution in [2.75, 3.05) is 26.8 Å². The van der Waals surface area contributed by atoms with Crippen molar-refractivity contribution >= 4 is 0 Å². The molecule has 0 amide bonds. The van der Waals surface area contributed by atoms with Gasteiger partial charge in [-0.2, -0.15) is 0 Å². The van der Waals surface area contributed by atoms with Crippen molar-refractivity contribution in [1.29, 1.82) is 0 Å². The second kappa shape index (κ2) is 3.75. The monoisotopic (exact) mass is 171 g/mol. The Morgan fingerprint density at radius 3 is 2.67 bits per heavy atom. The topological polar surface area (TPSA) is 21.3 Å². The van der Waals surface area contributed by atoms with Gasteiger partial charge in [0.05, 0.1) is 6.61 Å². The minimum absolute atomic E-state index is 0.334. The average molecular weight is 171 g/mol. The van der Waals surface area contributed by atoms with Crippen molar-refractivity contribution in [3.63, 3.8) is 0 Å². The first-order valence-electron chi connectivity index (χ1n) is 4.80. The largest absolute Gasteiger partial charge is 0.381 e. The molecule has 1 aliphatic heterocycles. The van der Waals surface area contributed by atoms with Gasteiger partial charge in [0.25, 0.3) is 0 Å². The molecule has 2 heteroatoms. The molecule has 0 spiro atoms. The lowest BCUT2D eigenvalue weighted by molar-refractivity contribution is -0.0658. The summed E-state index contributed by atoms with van der Waals surface area (Å²) in [7, 11) is 2.03. The zero-order valence-electron chi connectivity index (χ0n) is 8.68. The lowest BCUT2D eigenvalue weighted by Gasteiger charge is -2.42. The molecule has 1 aliphatic rings. The Morgan fingerprint density at radius 1 is 1.50 bits per heavy atom. The van der Waals surface area contributed by atoms with Gasteiger partial charge in [-0.3, -0.25) is 0 Å². The molecule has 72 valence electrons. The van der Waals surface area contributed by atoms with Gasteiger partial charge in [0, 0.05) is 6.61 Å². The highest BCUT2D eigenvalue weighted by Crippen LogP contribution is 2.36. The normalized spacial score (nSPS) is 35.0. The summed E-state index contributed by atoms with van der Waals surface area (Å²) in [6.45, 7) is 9.81. The number of rotatable bonds is 2. The van der Waals surface area contributed by atoms with Gasteiger partial charge in [-0.25, -0.2) is 0 Å². The zero-order valence-corrected chi connectivity index (χ0v) is 8.68. The Bertz CT molecular complexity index is 145. The van der Waals surface area contributed by atoms with Crippen molar-refractivity contribution in [3.05, 3.63) is 0 Å². The van der Waals surface area contributed by atoms with Crippen LogP contribution in [0.2, 0.25) is 0 Å². The summed E-state index contributed by atoms with van der Waals surface area (Å²) in [4.78, 5) is 0. The van der Waals surface area contributed by atoms with E-state index in [4.69, 9.17) is 4.74 Å². The fourth-order valence-corrected chi connectivity index (χ4v) is 2.20. The number of hydrogen-bond acceptors (Lipinski definition) is 2. The average Bonchev–Trinajstić information content (AvgIpc) is 1.97. The molecular weight excluding hydrogens is 150 g/mol. The molecule has 0 aromatic carbocycles. The van der Waals surface area contributed by atoms with Crippen LogP contribution < -0.4 is 5.32 Å². The summed E-state index contributed by atoms with van der Waals surface area (Å²) < 4.78 is 5.55. The Balaban J connectivity index is 2.60. The third-order valence-electron chi connectivity index (χ3n) is 2.97. The Labute approximate surface area is 75.7 Å². The van der Waals surface area contributed by atoms with E-state index in [0.29, 0.717) is 11.3 Å². The lowest BCUT2D eigenvalue weighted by atomic mass is 9.71. The molecule has 12 heavy (non-hydrogen) atoms. The third-order valence-corrected chi connectivity index (χ3v) is 2.97. The molecule has 2 atom stereocenters. The molecule has 0 saturated carbocycles. The number of ether oxygens (including phenoxy) is 1. The van der Waals surface area contributed by atoms with Gasteiger partial charge >= 0.3 is 0 Å². The SMILES string of the molecule is CNCC1C(C)COCC1(C)C. The van der Waals surface area contributed by atoms with Crippen molar-refractivity contribution in [2.45, 2.75) is 20.8 Å². The van der Waals surface area contributed by atoms with Crippen LogP contribution in [0.5, 0.6) is 0 Å². The molecule has 1 N–H and O–H groups in total. The third kappa shape index (κ3) is 1.99. The predicted molar refractivity (Wildman–Crippen MR) is 51.2 cm³/mol. The molecule has 1 rings (SSSR count). The Hall–Kier alpha value is -0.0800. The second-order valence-electron chi connectivity index (χ2n) is 4.65. The van der Waals surface area contributed by atoms with Gasteiger partial charge in [-0.1, -0.05) is 20.8 Å². The summed E-state index contributed by atoms with van der Waals surface area (Å²) in [6.07, 6.45) is 0. The minimum Gasteiger partial charge on any atom is -0.381 e. The molecule has 0 aliphatic carbocycles. The summed E-state index contributed by atoms with van der Waals surface area (Å²) in [6, 6.07) is 0. The summed E-state index contributed by atoms with van der Waals surface area (Å²) in [5.41, 5.74) is 0.334. The number of nitrogens with one attached hydrogen (secondary N) is 1. The maximum atomic E-state index is 5.55. The van der Waals surface area contributed by atoms with Crippen LogP contribution in [-0.4, -0.2) is 26.8 Å². The molecule has 0 radical (unpaired) electrons. The van der Waals surface area contributed by atoms with Crippen LogP contribution in [0.3, 0.4) is 0 Å². The Kier molecular flexibility index (Phi) is 3.13. The quantitative estimate of drug-likeness (QED) is 0.680. The van der Waals surface area contributed by atoms with Crippen molar-refractivity contribution in [2.24, 2.45) is 17.3 Å². The predicted octanol–water partition coefficient (Wildman–Crippen LogP) is 1.51. The maximum Gasteiger partial charge on any atom is 0.0520 e. The van der Waals surface area contributed by atoms with Gasteiger partial charge in [-0.15, -0.1) is 0 Å². The molecule has 1 saturated heterocycles. The van der Waals surface area contributed by atoms with Gasteiger partial charge in [0.15, 0.2) is 0 Å². The minimum atomic E-state index is 0.334. The molecular formula is C10H21NO. The molecule has 0 aromatic rings. The van der Waals surface area contributed by atoms with Crippen LogP contribution in [-0.2, 0) is 4.74 Å². The first-order chi connectivity index (χ1) is 5.58. The highest BCUT2D eigenvalue weighted by molar-refractivity contribution is 4.86. The highest BCUT2D eigenvalue weighted by Gasteiger charge is 2.36. The van der Waals surface area contributed by atoms with Crippen molar-refractivity contribution in [3.8, 4) is 0 Å². The standard InChI is InChI=1S/C10H21NO/c1-8-6-12-7-10(2,3)9(8)5-11-4/h8-9,11H,5-7H2,1-4H3. The van der Waals surface area contributed by atoms with E-state index in [1.807, 2.05) is 7.05 Å². The van der Waals surface area contributed by atoms with E-state index >= 15 is 0 Å². The van der Waals surface area contributed by atoms with E-state index in [1.165, 1.54) is 0 Å². The zero-order chi connectivity index (χ0) is 9.19. The van der Waals surface area contributed by atoms with Gasteiger partial charge in [0.2, 0.25) is 0 Å². The fourth-order valence-electron chi connectivity index (χ4n) is 2.20. The molecule has 0 aromatic heterocycles. The van der Waals surface area contributed by atoms with E-state index in [9.17, 15) is 0 Å². The van der Waals surface area contributed by atoms with Crippen LogP contribution in [0, 0.1) is 17.3 Å². The van der Waals surface area contributed by atoms with Crippen LogP contribution in [0.1, 0.15) is 20.8 Å². The van der Waals surface area contributed by atoms with Gasteiger partial charge < -0.3 is 10.1 Å². The highest BCUT2D eigenvalue weighted by atomic mass is 16.5. The number of hydrogen-bond donors (Lipinski definition) is 1. The van der Waals surface area contributed by atoms with E-state index in [1.54, 1.807) is 0 Å². The van der Waals surface area contributed by atoms with Gasteiger partial charge in [-0.05, 0) is 30.8 Å². The first kappa shape index (κ1) is 10.0. The smallest absolute Gasteiger partial charge is 0.0520 e. The molecule has 1 fully saturated rings. The Morgan fingerprint density at radius 2 is 2.17 bits per heavy atom. The summed E-state index contributed by atoms with van der Waals surface area (Å²) in [5.74, 6) is 1.43. The first-order valence-corrected chi connectivity index (χ1v) is 4.80. The van der Waals surface area contributed by atoms with Crippen LogP contribution in [0.4, 0.5) is 0 Å². The van der Waals surface area contributed by atoms with E-state index in [2.05, 4.69) is 26.1 Å². The maximum absolute atomic E-state index is 5.55. The second-order valence-corrected chi connectivity index (χ2v) is 4.65. The summed E-state index contributed by atoms with van der Waals surface area (Å²) in [5, 5.41) is 3.27. The van der Waals surface area contributed by atoms with Gasteiger partial charge in [0.1, 0.15) is 0 Å². The summed E-state index contributed by atoms with van der Waals surface area (Å²) >= 11 is 0. The van der Waals surface area contributed by atoms with E-state index < -0.39 is 0 Å². The van der Waals surface area contributed by atoms with Crippen LogP contribution in [0.15, 0.2) is 0 Å². The van der Waals surface area contributed by atoms with Crippen LogP contribution in [0.25, 0.3) is 0 Å². The lowest BCUT2D eigenvalue weighted by Crippen LogP contribution is -2.45. The van der Waals surface area contributed by atoms with E-state index in [0.717, 1.165) is 25.7 Å². The van der Waals surface area contributed by atoms with Crippen molar-refractivity contribution in [1.82, 2.24) is 5.32 Å². The van der Waals surface area contributed by atoms with E-state index in [-0.39, 0.29) is 0 Å².